The average molecular weight is 216 g/mol. The van der Waals surface area contributed by atoms with E-state index >= 15 is 0 Å². The van der Waals surface area contributed by atoms with E-state index in [2.05, 4.69) is 4.98 Å². The molecular formula is C10H14ClNO2. The molecule has 1 aromatic heterocycles. The molecule has 3 nitrogen and oxygen atoms in total. The molecule has 4 heteroatoms. The van der Waals surface area contributed by atoms with Crippen molar-refractivity contribution in [3.05, 3.63) is 29.6 Å². The van der Waals surface area contributed by atoms with Gasteiger partial charge in [-0.15, -0.1) is 12.4 Å². The fourth-order valence-electron chi connectivity index (χ4n) is 1.09. The third kappa shape index (κ3) is 4.23. The van der Waals surface area contributed by atoms with Crippen LogP contribution in [0.15, 0.2) is 18.3 Å². The molecule has 1 aromatic rings. The molecule has 0 bridgehead atoms. The molecule has 0 saturated carbocycles. The zero-order chi connectivity index (χ0) is 9.68. The molecule has 0 unspecified atom stereocenters. The molecule has 0 aromatic carbocycles. The van der Waals surface area contributed by atoms with Gasteiger partial charge < -0.3 is 4.74 Å². The van der Waals surface area contributed by atoms with Gasteiger partial charge in [0.15, 0.2) is 0 Å². The molecule has 0 saturated heterocycles. The number of carbonyl (C=O) groups is 1. The standard InChI is InChI=1S/C10H13NO2.ClH/c1-3-13-10(12)7-9-4-5-11-8(2)6-9;/h4-6H,3,7H2,1-2H3;1H. The Morgan fingerprint density at radius 2 is 2.29 bits per heavy atom. The highest BCUT2D eigenvalue weighted by molar-refractivity contribution is 5.85. The lowest BCUT2D eigenvalue weighted by Crippen LogP contribution is -2.07. The molecule has 1 heterocycles. The molecule has 0 atom stereocenters. The van der Waals surface area contributed by atoms with Gasteiger partial charge in [0.05, 0.1) is 13.0 Å². The Bertz CT molecular complexity index is 302. The monoisotopic (exact) mass is 215 g/mol. The zero-order valence-corrected chi connectivity index (χ0v) is 9.13. The third-order valence-corrected chi connectivity index (χ3v) is 1.61. The van der Waals surface area contributed by atoms with E-state index in [9.17, 15) is 4.79 Å². The average Bonchev–Trinajstić information content (AvgIpc) is 2.04. The SMILES string of the molecule is CCOC(=O)Cc1ccnc(C)c1.Cl. The molecule has 1 rings (SSSR count). The number of aromatic nitrogens is 1. The van der Waals surface area contributed by atoms with Crippen LogP contribution in [0.4, 0.5) is 0 Å². The number of aryl methyl sites for hydroxylation is 1. The van der Waals surface area contributed by atoms with E-state index in [0.717, 1.165) is 11.3 Å². The van der Waals surface area contributed by atoms with Crippen molar-refractivity contribution >= 4 is 18.4 Å². The Morgan fingerprint density at radius 3 is 2.86 bits per heavy atom. The Morgan fingerprint density at radius 1 is 1.57 bits per heavy atom. The first-order valence-corrected chi connectivity index (χ1v) is 4.29. The van der Waals surface area contributed by atoms with Gasteiger partial charge >= 0.3 is 5.97 Å². The van der Waals surface area contributed by atoms with Gasteiger partial charge in [-0.25, -0.2) is 0 Å². The first-order valence-electron chi connectivity index (χ1n) is 4.29. The zero-order valence-electron chi connectivity index (χ0n) is 8.32. The second-order valence-corrected chi connectivity index (χ2v) is 2.79. The summed E-state index contributed by atoms with van der Waals surface area (Å²) in [5, 5.41) is 0. The molecule has 0 aliphatic heterocycles. The van der Waals surface area contributed by atoms with Crippen LogP contribution < -0.4 is 0 Å². The molecule has 78 valence electrons. The van der Waals surface area contributed by atoms with Gasteiger partial charge in [-0.05, 0) is 31.5 Å². The summed E-state index contributed by atoms with van der Waals surface area (Å²) in [4.78, 5) is 15.1. The van der Waals surface area contributed by atoms with E-state index in [1.807, 2.05) is 19.1 Å². The number of halogens is 1. The summed E-state index contributed by atoms with van der Waals surface area (Å²) in [7, 11) is 0. The normalized spacial score (nSPS) is 9.00. The summed E-state index contributed by atoms with van der Waals surface area (Å²) in [6.07, 6.45) is 2.03. The predicted octanol–water partition coefficient (Wildman–Crippen LogP) is 1.92. The Labute approximate surface area is 89.9 Å². The fraction of sp³-hybridized carbons (Fsp3) is 0.400. The summed E-state index contributed by atoms with van der Waals surface area (Å²) in [5.41, 5.74) is 1.87. The number of esters is 1. The smallest absolute Gasteiger partial charge is 0.310 e. The molecule has 0 aliphatic rings. The lowest BCUT2D eigenvalue weighted by Gasteiger charge is -2.01. The van der Waals surface area contributed by atoms with Gasteiger partial charge in [-0.1, -0.05) is 0 Å². The van der Waals surface area contributed by atoms with Crippen molar-refractivity contribution in [1.29, 1.82) is 0 Å². The molecular weight excluding hydrogens is 202 g/mol. The summed E-state index contributed by atoms with van der Waals surface area (Å²) in [5.74, 6) is -0.187. The largest absolute Gasteiger partial charge is 0.466 e. The van der Waals surface area contributed by atoms with Crippen molar-refractivity contribution in [2.45, 2.75) is 20.3 Å². The van der Waals surface area contributed by atoms with E-state index in [-0.39, 0.29) is 18.4 Å². The first kappa shape index (κ1) is 12.9. The summed E-state index contributed by atoms with van der Waals surface area (Å²) in [6.45, 7) is 4.13. The molecule has 14 heavy (non-hydrogen) atoms. The van der Waals surface area contributed by atoms with Crippen LogP contribution in [0.25, 0.3) is 0 Å². The highest BCUT2D eigenvalue weighted by Gasteiger charge is 2.03. The third-order valence-electron chi connectivity index (χ3n) is 1.61. The maximum atomic E-state index is 11.1. The van der Waals surface area contributed by atoms with Gasteiger partial charge in [0.2, 0.25) is 0 Å². The second kappa shape index (κ2) is 6.38. The van der Waals surface area contributed by atoms with E-state index in [1.165, 1.54) is 0 Å². The van der Waals surface area contributed by atoms with E-state index in [1.54, 1.807) is 13.1 Å². The summed E-state index contributed by atoms with van der Waals surface area (Å²) < 4.78 is 4.83. The van der Waals surface area contributed by atoms with Crippen LogP contribution in [0.5, 0.6) is 0 Å². The van der Waals surface area contributed by atoms with E-state index in [4.69, 9.17) is 4.74 Å². The summed E-state index contributed by atoms with van der Waals surface area (Å²) in [6, 6.07) is 3.71. The van der Waals surface area contributed by atoms with Crippen molar-refractivity contribution in [3.8, 4) is 0 Å². The Kier molecular flexibility index (Phi) is 5.88. The van der Waals surface area contributed by atoms with Crippen molar-refractivity contribution in [3.63, 3.8) is 0 Å². The van der Waals surface area contributed by atoms with Crippen LogP contribution in [-0.4, -0.2) is 17.6 Å². The molecule has 0 radical (unpaired) electrons. The number of carbonyl (C=O) groups excluding carboxylic acids is 1. The Hall–Kier alpha value is -1.09. The van der Waals surface area contributed by atoms with Crippen molar-refractivity contribution in [1.82, 2.24) is 4.98 Å². The van der Waals surface area contributed by atoms with Crippen LogP contribution in [0.1, 0.15) is 18.2 Å². The maximum Gasteiger partial charge on any atom is 0.310 e. The minimum atomic E-state index is -0.187. The van der Waals surface area contributed by atoms with Crippen LogP contribution in [0, 0.1) is 6.92 Å². The maximum absolute atomic E-state index is 11.1. The van der Waals surface area contributed by atoms with Crippen LogP contribution in [-0.2, 0) is 16.0 Å². The van der Waals surface area contributed by atoms with Crippen molar-refractivity contribution in [2.75, 3.05) is 6.61 Å². The van der Waals surface area contributed by atoms with Crippen LogP contribution in [0.3, 0.4) is 0 Å². The number of nitrogens with zero attached hydrogens (tertiary/aromatic N) is 1. The van der Waals surface area contributed by atoms with Gasteiger partial charge in [0.25, 0.3) is 0 Å². The van der Waals surface area contributed by atoms with E-state index in [0.29, 0.717) is 13.0 Å². The predicted molar refractivity (Wildman–Crippen MR) is 56.6 cm³/mol. The number of hydrogen-bond acceptors (Lipinski definition) is 3. The second-order valence-electron chi connectivity index (χ2n) is 2.79. The van der Waals surface area contributed by atoms with E-state index < -0.39 is 0 Å². The number of pyridine rings is 1. The van der Waals surface area contributed by atoms with Gasteiger partial charge in [0.1, 0.15) is 0 Å². The molecule has 0 fully saturated rings. The fourth-order valence-corrected chi connectivity index (χ4v) is 1.09. The number of hydrogen-bond donors (Lipinski definition) is 0. The molecule has 0 amide bonds. The highest BCUT2D eigenvalue weighted by Crippen LogP contribution is 2.02. The van der Waals surface area contributed by atoms with Gasteiger partial charge in [-0.3, -0.25) is 9.78 Å². The Balaban J connectivity index is 0.00000169. The van der Waals surface area contributed by atoms with Gasteiger partial charge in [-0.2, -0.15) is 0 Å². The molecule has 0 N–H and O–H groups in total. The molecule has 0 spiro atoms. The highest BCUT2D eigenvalue weighted by atomic mass is 35.5. The number of ether oxygens (including phenoxy) is 1. The minimum Gasteiger partial charge on any atom is -0.466 e. The topological polar surface area (TPSA) is 39.2 Å². The van der Waals surface area contributed by atoms with Crippen LogP contribution >= 0.6 is 12.4 Å². The number of rotatable bonds is 3. The quantitative estimate of drug-likeness (QED) is 0.724. The van der Waals surface area contributed by atoms with Crippen molar-refractivity contribution < 1.29 is 9.53 Å². The van der Waals surface area contributed by atoms with Crippen LogP contribution in [0.2, 0.25) is 0 Å². The first-order chi connectivity index (χ1) is 6.22. The lowest BCUT2D eigenvalue weighted by atomic mass is 10.2. The minimum absolute atomic E-state index is 0. The molecule has 0 aliphatic carbocycles. The van der Waals surface area contributed by atoms with Crippen molar-refractivity contribution in [2.24, 2.45) is 0 Å². The van der Waals surface area contributed by atoms with Gasteiger partial charge in [0, 0.05) is 11.9 Å². The lowest BCUT2D eigenvalue weighted by molar-refractivity contribution is -0.142. The summed E-state index contributed by atoms with van der Waals surface area (Å²) >= 11 is 0.